The van der Waals surface area contributed by atoms with Crippen LogP contribution in [0.4, 0.5) is 0 Å². The number of benzene rings is 1. The van der Waals surface area contributed by atoms with E-state index in [2.05, 4.69) is 12.2 Å². The van der Waals surface area contributed by atoms with Crippen molar-refractivity contribution in [2.24, 2.45) is 17.8 Å². The lowest BCUT2D eigenvalue weighted by Crippen LogP contribution is -2.40. The van der Waals surface area contributed by atoms with Gasteiger partial charge in [-0.05, 0) is 62.1 Å². The highest BCUT2D eigenvalue weighted by molar-refractivity contribution is 7.90. The summed E-state index contributed by atoms with van der Waals surface area (Å²) < 4.78 is 23.2. The minimum absolute atomic E-state index is 0.143. The predicted molar refractivity (Wildman–Crippen MR) is 85.4 cm³/mol. The predicted octanol–water partition coefficient (Wildman–Crippen LogP) is 2.64. The summed E-state index contributed by atoms with van der Waals surface area (Å²) in [5, 5.41) is 3.07. The van der Waals surface area contributed by atoms with Crippen LogP contribution in [-0.2, 0) is 9.84 Å². The van der Waals surface area contributed by atoms with Crippen LogP contribution in [0, 0.1) is 17.8 Å². The molecule has 2 fully saturated rings. The molecule has 1 aromatic rings. The van der Waals surface area contributed by atoms with Crippen LogP contribution in [0.2, 0.25) is 0 Å². The molecule has 2 aliphatic carbocycles. The normalized spacial score (nSPS) is 28.5. The molecule has 0 aliphatic heterocycles. The Hall–Kier alpha value is -1.36. The molecule has 1 aromatic carbocycles. The molecule has 3 rings (SSSR count). The quantitative estimate of drug-likeness (QED) is 0.927. The summed E-state index contributed by atoms with van der Waals surface area (Å²) in [5.41, 5.74) is 0.415. The van der Waals surface area contributed by atoms with E-state index in [1.54, 1.807) is 12.1 Å². The Morgan fingerprint density at radius 1 is 1.27 bits per heavy atom. The molecule has 4 nitrogen and oxygen atoms in total. The van der Waals surface area contributed by atoms with Crippen molar-refractivity contribution < 1.29 is 13.2 Å². The highest BCUT2D eigenvalue weighted by atomic mass is 32.2. The highest BCUT2D eigenvalue weighted by Crippen LogP contribution is 2.49. The fourth-order valence-electron chi connectivity index (χ4n) is 4.17. The number of hydrogen-bond donors (Lipinski definition) is 1. The topological polar surface area (TPSA) is 63.2 Å². The summed E-state index contributed by atoms with van der Waals surface area (Å²) in [6.45, 7) is 2.07. The first kappa shape index (κ1) is 15.5. The second-order valence-electron chi connectivity index (χ2n) is 6.90. The van der Waals surface area contributed by atoms with E-state index in [0.717, 1.165) is 18.1 Å². The molecule has 0 aromatic heterocycles. The highest BCUT2D eigenvalue weighted by Gasteiger charge is 2.42. The van der Waals surface area contributed by atoms with Gasteiger partial charge in [-0.3, -0.25) is 4.79 Å². The molecule has 4 unspecified atom stereocenters. The number of carbonyl (C=O) groups is 1. The van der Waals surface area contributed by atoms with Crippen molar-refractivity contribution in [2.45, 2.75) is 43.5 Å². The molecule has 0 heterocycles. The molecule has 4 atom stereocenters. The third-order valence-electron chi connectivity index (χ3n) is 5.32. The molecule has 120 valence electrons. The monoisotopic (exact) mass is 321 g/mol. The standard InChI is InChI=1S/C17H23NO3S/c1-11(16-9-12-6-7-13(16)8-12)18-17(19)14-4-3-5-15(10-14)22(2,20)21/h3-5,10-13,16H,6-9H2,1-2H3,(H,18,19). The first-order valence-corrected chi connectivity index (χ1v) is 9.84. The van der Waals surface area contributed by atoms with Crippen LogP contribution in [0.1, 0.15) is 43.0 Å². The Bertz CT molecular complexity index is 683. The van der Waals surface area contributed by atoms with Crippen molar-refractivity contribution in [1.29, 1.82) is 0 Å². The maximum absolute atomic E-state index is 12.4. The molecule has 2 aliphatic rings. The van der Waals surface area contributed by atoms with E-state index in [9.17, 15) is 13.2 Å². The Labute approximate surface area is 132 Å². The Morgan fingerprint density at radius 2 is 2.05 bits per heavy atom. The zero-order valence-electron chi connectivity index (χ0n) is 13.1. The summed E-state index contributed by atoms with van der Waals surface area (Å²) >= 11 is 0. The van der Waals surface area contributed by atoms with Crippen molar-refractivity contribution in [1.82, 2.24) is 5.32 Å². The molecule has 0 saturated heterocycles. The molecule has 5 heteroatoms. The number of nitrogens with one attached hydrogen (secondary N) is 1. The van der Waals surface area contributed by atoms with Crippen LogP contribution < -0.4 is 5.32 Å². The van der Waals surface area contributed by atoms with Gasteiger partial charge < -0.3 is 5.32 Å². The SMILES string of the molecule is CC(NC(=O)c1cccc(S(C)(=O)=O)c1)C1CC2CCC1C2. The van der Waals surface area contributed by atoms with E-state index >= 15 is 0 Å². The van der Waals surface area contributed by atoms with Gasteiger partial charge >= 0.3 is 0 Å². The molecule has 1 amide bonds. The summed E-state index contributed by atoms with van der Waals surface area (Å²) in [5.74, 6) is 1.99. The second-order valence-corrected chi connectivity index (χ2v) is 8.92. The zero-order valence-corrected chi connectivity index (χ0v) is 13.9. The first-order chi connectivity index (χ1) is 10.3. The number of carbonyl (C=O) groups excluding carboxylic acids is 1. The summed E-state index contributed by atoms with van der Waals surface area (Å²) in [4.78, 5) is 12.6. The molecule has 1 N–H and O–H groups in total. The van der Waals surface area contributed by atoms with Crippen LogP contribution in [0.3, 0.4) is 0 Å². The van der Waals surface area contributed by atoms with Gasteiger partial charge in [0.2, 0.25) is 0 Å². The Kier molecular flexibility index (Phi) is 4.02. The lowest BCUT2D eigenvalue weighted by Gasteiger charge is -2.28. The van der Waals surface area contributed by atoms with E-state index < -0.39 is 9.84 Å². The minimum Gasteiger partial charge on any atom is -0.349 e. The van der Waals surface area contributed by atoms with Crippen molar-refractivity contribution in [3.8, 4) is 0 Å². The molecule has 2 bridgehead atoms. The summed E-state index contributed by atoms with van der Waals surface area (Å²) in [6, 6.07) is 6.40. The molecular weight excluding hydrogens is 298 g/mol. The van der Waals surface area contributed by atoms with Crippen LogP contribution in [0.25, 0.3) is 0 Å². The minimum atomic E-state index is -3.29. The van der Waals surface area contributed by atoms with E-state index in [0.29, 0.717) is 11.5 Å². The van der Waals surface area contributed by atoms with E-state index in [1.165, 1.54) is 37.8 Å². The zero-order chi connectivity index (χ0) is 15.9. The van der Waals surface area contributed by atoms with Gasteiger partial charge in [0.25, 0.3) is 5.91 Å². The van der Waals surface area contributed by atoms with Gasteiger partial charge in [-0.1, -0.05) is 12.5 Å². The van der Waals surface area contributed by atoms with Gasteiger partial charge in [0, 0.05) is 17.9 Å². The van der Waals surface area contributed by atoms with Gasteiger partial charge in [0.1, 0.15) is 0 Å². The number of fused-ring (bicyclic) bond motifs is 2. The van der Waals surface area contributed by atoms with E-state index in [-0.39, 0.29) is 16.8 Å². The van der Waals surface area contributed by atoms with Crippen molar-refractivity contribution in [2.75, 3.05) is 6.26 Å². The fraction of sp³-hybridized carbons (Fsp3) is 0.588. The van der Waals surface area contributed by atoms with Crippen molar-refractivity contribution in [3.05, 3.63) is 29.8 Å². The summed E-state index contributed by atoms with van der Waals surface area (Å²) in [7, 11) is -3.29. The molecule has 2 saturated carbocycles. The van der Waals surface area contributed by atoms with Gasteiger partial charge in [0.15, 0.2) is 9.84 Å². The molecule has 0 radical (unpaired) electrons. The maximum atomic E-state index is 12.4. The van der Waals surface area contributed by atoms with Gasteiger partial charge in [-0.2, -0.15) is 0 Å². The first-order valence-electron chi connectivity index (χ1n) is 7.95. The van der Waals surface area contributed by atoms with E-state index in [4.69, 9.17) is 0 Å². The van der Waals surface area contributed by atoms with Crippen molar-refractivity contribution in [3.63, 3.8) is 0 Å². The molecular formula is C17H23NO3S. The lowest BCUT2D eigenvalue weighted by atomic mass is 9.84. The van der Waals surface area contributed by atoms with Crippen LogP contribution in [-0.4, -0.2) is 26.6 Å². The van der Waals surface area contributed by atoms with Gasteiger partial charge in [-0.15, -0.1) is 0 Å². The van der Waals surface area contributed by atoms with Crippen LogP contribution in [0.5, 0.6) is 0 Å². The number of amides is 1. The Balaban J connectivity index is 1.69. The van der Waals surface area contributed by atoms with Crippen LogP contribution >= 0.6 is 0 Å². The maximum Gasteiger partial charge on any atom is 0.251 e. The number of hydrogen-bond acceptors (Lipinski definition) is 3. The van der Waals surface area contributed by atoms with Gasteiger partial charge in [0.05, 0.1) is 4.90 Å². The second kappa shape index (κ2) is 5.69. The largest absolute Gasteiger partial charge is 0.349 e. The smallest absolute Gasteiger partial charge is 0.251 e. The average Bonchev–Trinajstić information content (AvgIpc) is 3.09. The third-order valence-corrected chi connectivity index (χ3v) is 6.43. The lowest BCUT2D eigenvalue weighted by molar-refractivity contribution is 0.0915. The number of sulfone groups is 1. The summed E-state index contributed by atoms with van der Waals surface area (Å²) in [6.07, 6.45) is 6.32. The van der Waals surface area contributed by atoms with Crippen LogP contribution in [0.15, 0.2) is 29.2 Å². The van der Waals surface area contributed by atoms with E-state index in [1.807, 2.05) is 0 Å². The number of rotatable bonds is 4. The fourth-order valence-corrected chi connectivity index (χ4v) is 4.84. The van der Waals surface area contributed by atoms with Gasteiger partial charge in [-0.25, -0.2) is 8.42 Å². The Morgan fingerprint density at radius 3 is 2.64 bits per heavy atom. The average molecular weight is 321 g/mol. The van der Waals surface area contributed by atoms with Crippen molar-refractivity contribution >= 4 is 15.7 Å². The molecule has 0 spiro atoms. The molecule has 22 heavy (non-hydrogen) atoms. The third kappa shape index (κ3) is 3.05.